The minimum absolute atomic E-state index is 0.168. The topological polar surface area (TPSA) is 68.0 Å². The lowest BCUT2D eigenvalue weighted by atomic mass is 10.1. The number of hydrogen-bond acceptors (Lipinski definition) is 4. The summed E-state index contributed by atoms with van der Waals surface area (Å²) >= 11 is 0. The number of carbonyl (C=O) groups is 1. The van der Waals surface area contributed by atoms with E-state index in [0.717, 1.165) is 16.6 Å². The molecular formula is C18H13N3O2. The lowest BCUT2D eigenvalue weighted by Crippen LogP contribution is -2.22. The molecule has 2 aromatic carbocycles. The first-order valence-electron chi connectivity index (χ1n) is 7.27. The number of aromatic nitrogens is 2. The maximum atomic E-state index is 12.2. The van der Waals surface area contributed by atoms with Gasteiger partial charge < -0.3 is 9.73 Å². The second-order valence-electron chi connectivity index (χ2n) is 5.18. The molecule has 0 unspecified atom stereocenters. The molecule has 4 aromatic rings. The predicted molar refractivity (Wildman–Crippen MR) is 86.9 cm³/mol. The molecule has 0 saturated carbocycles. The van der Waals surface area contributed by atoms with E-state index < -0.39 is 0 Å². The summed E-state index contributed by atoms with van der Waals surface area (Å²) in [6, 6.07) is 16.6. The summed E-state index contributed by atoms with van der Waals surface area (Å²) in [6.07, 6.45) is 1.58. The van der Waals surface area contributed by atoms with Crippen molar-refractivity contribution in [1.82, 2.24) is 15.3 Å². The van der Waals surface area contributed by atoms with Crippen LogP contribution < -0.4 is 5.32 Å². The Kier molecular flexibility index (Phi) is 3.24. The van der Waals surface area contributed by atoms with Gasteiger partial charge in [-0.1, -0.05) is 12.1 Å². The first-order valence-corrected chi connectivity index (χ1v) is 7.27. The molecule has 23 heavy (non-hydrogen) atoms. The van der Waals surface area contributed by atoms with Gasteiger partial charge in [0.1, 0.15) is 5.76 Å². The summed E-state index contributed by atoms with van der Waals surface area (Å²) in [5.41, 5.74) is 3.68. The zero-order valence-corrected chi connectivity index (χ0v) is 12.2. The standard InChI is InChI=1S/C18H13N3O2/c22-18(19-11-13-4-3-9-23-13)12-7-8-16-17(10-12)21-15-6-2-1-5-14(15)20-16/h1-10H,11H2,(H,19,22). The third-order valence-electron chi connectivity index (χ3n) is 3.60. The predicted octanol–water partition coefficient (Wildman–Crippen LogP) is 3.31. The summed E-state index contributed by atoms with van der Waals surface area (Å²) in [7, 11) is 0. The Balaban J connectivity index is 1.64. The lowest BCUT2D eigenvalue weighted by Gasteiger charge is -2.05. The van der Waals surface area contributed by atoms with E-state index in [1.54, 1.807) is 24.5 Å². The molecule has 5 nitrogen and oxygen atoms in total. The molecule has 0 fully saturated rings. The van der Waals surface area contributed by atoms with Gasteiger partial charge in [0.15, 0.2) is 0 Å². The lowest BCUT2D eigenvalue weighted by molar-refractivity contribution is 0.0948. The van der Waals surface area contributed by atoms with Crippen LogP contribution in [0.2, 0.25) is 0 Å². The second-order valence-corrected chi connectivity index (χ2v) is 5.18. The van der Waals surface area contributed by atoms with Gasteiger partial charge >= 0.3 is 0 Å². The molecule has 0 atom stereocenters. The van der Waals surface area contributed by atoms with E-state index in [2.05, 4.69) is 15.3 Å². The number of carbonyl (C=O) groups excluding carboxylic acids is 1. The van der Waals surface area contributed by atoms with Gasteiger partial charge in [0.05, 0.1) is 34.9 Å². The van der Waals surface area contributed by atoms with E-state index in [4.69, 9.17) is 4.42 Å². The molecule has 1 amide bonds. The van der Waals surface area contributed by atoms with Crippen molar-refractivity contribution in [3.05, 3.63) is 72.2 Å². The van der Waals surface area contributed by atoms with Gasteiger partial charge in [0.2, 0.25) is 0 Å². The van der Waals surface area contributed by atoms with Gasteiger partial charge in [-0.15, -0.1) is 0 Å². The van der Waals surface area contributed by atoms with Crippen molar-refractivity contribution in [3.8, 4) is 0 Å². The molecule has 1 N–H and O–H groups in total. The number of rotatable bonds is 3. The monoisotopic (exact) mass is 303 g/mol. The van der Waals surface area contributed by atoms with Gasteiger partial charge in [0.25, 0.3) is 5.91 Å². The zero-order chi connectivity index (χ0) is 15.6. The van der Waals surface area contributed by atoms with Gasteiger partial charge in [0, 0.05) is 5.56 Å². The van der Waals surface area contributed by atoms with E-state index in [9.17, 15) is 4.79 Å². The fraction of sp³-hybridized carbons (Fsp3) is 0.0556. The Bertz CT molecular complexity index is 994. The molecule has 0 saturated heterocycles. The maximum absolute atomic E-state index is 12.2. The summed E-state index contributed by atoms with van der Waals surface area (Å²) < 4.78 is 5.20. The number of nitrogens with zero attached hydrogens (tertiary/aromatic N) is 2. The molecule has 0 aliphatic heterocycles. The molecule has 4 rings (SSSR count). The third-order valence-corrected chi connectivity index (χ3v) is 3.60. The zero-order valence-electron chi connectivity index (χ0n) is 12.2. The highest BCUT2D eigenvalue weighted by atomic mass is 16.3. The number of nitrogens with one attached hydrogen (secondary N) is 1. The Labute approximate surface area is 132 Å². The van der Waals surface area contributed by atoms with E-state index in [1.807, 2.05) is 36.4 Å². The van der Waals surface area contributed by atoms with Crippen molar-refractivity contribution in [2.24, 2.45) is 0 Å². The Hall–Kier alpha value is -3.21. The van der Waals surface area contributed by atoms with Crippen molar-refractivity contribution < 1.29 is 9.21 Å². The fourth-order valence-electron chi connectivity index (χ4n) is 2.44. The van der Waals surface area contributed by atoms with Crippen LogP contribution in [-0.4, -0.2) is 15.9 Å². The molecule has 5 heteroatoms. The van der Waals surface area contributed by atoms with E-state index in [-0.39, 0.29) is 5.91 Å². The van der Waals surface area contributed by atoms with Crippen LogP contribution in [0.4, 0.5) is 0 Å². The number of para-hydroxylation sites is 2. The van der Waals surface area contributed by atoms with Gasteiger partial charge in [-0.2, -0.15) is 0 Å². The van der Waals surface area contributed by atoms with Crippen LogP contribution in [-0.2, 0) is 6.54 Å². The highest BCUT2D eigenvalue weighted by molar-refractivity contribution is 5.98. The molecule has 0 spiro atoms. The van der Waals surface area contributed by atoms with Crippen LogP contribution in [0.5, 0.6) is 0 Å². The van der Waals surface area contributed by atoms with Crippen LogP contribution >= 0.6 is 0 Å². The van der Waals surface area contributed by atoms with Crippen molar-refractivity contribution in [3.63, 3.8) is 0 Å². The molecule has 0 radical (unpaired) electrons. The van der Waals surface area contributed by atoms with Crippen LogP contribution in [0.1, 0.15) is 16.1 Å². The molecular weight excluding hydrogens is 290 g/mol. The minimum Gasteiger partial charge on any atom is -0.467 e. The van der Waals surface area contributed by atoms with E-state index >= 15 is 0 Å². The molecule has 0 bridgehead atoms. The number of amides is 1. The average Bonchev–Trinajstić information content (AvgIpc) is 3.11. The first-order chi connectivity index (χ1) is 11.3. The highest BCUT2D eigenvalue weighted by Crippen LogP contribution is 2.17. The number of furan rings is 1. The van der Waals surface area contributed by atoms with Crippen LogP contribution in [0.15, 0.2) is 65.3 Å². The first kappa shape index (κ1) is 13.5. The third kappa shape index (κ3) is 2.64. The van der Waals surface area contributed by atoms with Crippen LogP contribution in [0.3, 0.4) is 0 Å². The normalized spacial score (nSPS) is 11.0. The molecule has 112 valence electrons. The summed E-state index contributed by atoms with van der Waals surface area (Å²) in [4.78, 5) is 21.4. The van der Waals surface area contributed by atoms with Crippen LogP contribution in [0, 0.1) is 0 Å². The van der Waals surface area contributed by atoms with Crippen molar-refractivity contribution in [2.75, 3.05) is 0 Å². The molecule has 2 aromatic heterocycles. The molecule has 0 aliphatic carbocycles. The Morgan fingerprint density at radius 1 is 0.913 bits per heavy atom. The maximum Gasteiger partial charge on any atom is 0.251 e. The highest BCUT2D eigenvalue weighted by Gasteiger charge is 2.09. The average molecular weight is 303 g/mol. The van der Waals surface area contributed by atoms with Crippen molar-refractivity contribution >= 4 is 28.0 Å². The Morgan fingerprint density at radius 3 is 2.39 bits per heavy atom. The molecule has 0 aliphatic rings. The minimum atomic E-state index is -0.168. The SMILES string of the molecule is O=C(NCc1ccco1)c1ccc2nc3ccccc3nc2c1. The van der Waals surface area contributed by atoms with E-state index in [0.29, 0.717) is 23.4 Å². The quantitative estimate of drug-likeness (QED) is 0.590. The van der Waals surface area contributed by atoms with Crippen LogP contribution in [0.25, 0.3) is 22.1 Å². The number of hydrogen-bond donors (Lipinski definition) is 1. The van der Waals surface area contributed by atoms with E-state index in [1.165, 1.54) is 0 Å². The Morgan fingerprint density at radius 2 is 1.65 bits per heavy atom. The van der Waals surface area contributed by atoms with Gasteiger partial charge in [-0.05, 0) is 42.5 Å². The van der Waals surface area contributed by atoms with Gasteiger partial charge in [-0.25, -0.2) is 9.97 Å². The fourth-order valence-corrected chi connectivity index (χ4v) is 2.44. The summed E-state index contributed by atoms with van der Waals surface area (Å²) in [6.45, 7) is 0.354. The smallest absolute Gasteiger partial charge is 0.251 e. The second kappa shape index (κ2) is 5.53. The molecule has 2 heterocycles. The van der Waals surface area contributed by atoms with Crippen molar-refractivity contribution in [2.45, 2.75) is 6.54 Å². The summed E-state index contributed by atoms with van der Waals surface area (Å²) in [5, 5.41) is 2.82. The largest absolute Gasteiger partial charge is 0.467 e. The number of benzene rings is 2. The van der Waals surface area contributed by atoms with Gasteiger partial charge in [-0.3, -0.25) is 4.79 Å². The summed E-state index contributed by atoms with van der Waals surface area (Å²) in [5.74, 6) is 0.545. The van der Waals surface area contributed by atoms with Crippen molar-refractivity contribution in [1.29, 1.82) is 0 Å². The number of fused-ring (bicyclic) bond motifs is 2.